The monoisotopic (exact) mass is 359 g/mol. The summed E-state index contributed by atoms with van der Waals surface area (Å²) in [6, 6.07) is 16.8. The number of halogens is 2. The van der Waals surface area contributed by atoms with Crippen LogP contribution in [0.25, 0.3) is 11.3 Å². The van der Waals surface area contributed by atoms with Crippen molar-refractivity contribution in [1.29, 1.82) is 0 Å². The third-order valence-electron chi connectivity index (χ3n) is 3.63. The van der Waals surface area contributed by atoms with Crippen LogP contribution in [-0.4, -0.2) is 28.1 Å². The Morgan fingerprint density at radius 3 is 2.54 bits per heavy atom. The third kappa shape index (κ3) is 3.61. The number of H-pyrrole nitrogens is 1. The van der Waals surface area contributed by atoms with Gasteiger partial charge in [-0.05, 0) is 23.8 Å². The molecule has 6 heteroatoms. The molecule has 0 bridgehead atoms. The van der Waals surface area contributed by atoms with E-state index in [-0.39, 0.29) is 5.91 Å². The molecule has 1 amide bonds. The molecule has 1 N–H and O–H groups in total. The number of benzene rings is 2. The van der Waals surface area contributed by atoms with E-state index < -0.39 is 0 Å². The fourth-order valence-electron chi connectivity index (χ4n) is 2.38. The SMILES string of the molecule is CN(Cc1ccc(Cl)c(Cl)c1)C(=O)c1cc(-c2ccccc2)n[nH]1. The minimum absolute atomic E-state index is 0.143. The highest BCUT2D eigenvalue weighted by molar-refractivity contribution is 6.42. The molecule has 0 aliphatic heterocycles. The van der Waals surface area contributed by atoms with Crippen LogP contribution in [0.15, 0.2) is 54.6 Å². The normalized spacial score (nSPS) is 10.6. The highest BCUT2D eigenvalue weighted by Gasteiger charge is 2.16. The first-order chi connectivity index (χ1) is 11.5. The van der Waals surface area contributed by atoms with Gasteiger partial charge in [0.15, 0.2) is 0 Å². The first-order valence-electron chi connectivity index (χ1n) is 7.35. The van der Waals surface area contributed by atoms with Crippen molar-refractivity contribution in [3.05, 3.63) is 75.9 Å². The van der Waals surface area contributed by atoms with Crippen molar-refractivity contribution < 1.29 is 4.79 Å². The van der Waals surface area contributed by atoms with Crippen LogP contribution in [0.5, 0.6) is 0 Å². The van der Waals surface area contributed by atoms with E-state index in [2.05, 4.69) is 10.2 Å². The Bertz CT molecular complexity index is 862. The first kappa shape index (κ1) is 16.6. The molecular formula is C18H15Cl2N3O. The van der Waals surface area contributed by atoms with Crippen molar-refractivity contribution in [2.75, 3.05) is 7.05 Å². The van der Waals surface area contributed by atoms with E-state index >= 15 is 0 Å². The Morgan fingerprint density at radius 1 is 1.08 bits per heavy atom. The fourth-order valence-corrected chi connectivity index (χ4v) is 2.70. The number of amides is 1. The molecule has 1 heterocycles. The number of nitrogens with one attached hydrogen (secondary N) is 1. The fraction of sp³-hybridized carbons (Fsp3) is 0.111. The van der Waals surface area contributed by atoms with Gasteiger partial charge in [-0.15, -0.1) is 0 Å². The molecule has 0 saturated carbocycles. The smallest absolute Gasteiger partial charge is 0.271 e. The quantitative estimate of drug-likeness (QED) is 0.736. The van der Waals surface area contributed by atoms with Crippen LogP contribution >= 0.6 is 23.2 Å². The third-order valence-corrected chi connectivity index (χ3v) is 4.37. The summed E-state index contributed by atoms with van der Waals surface area (Å²) in [5, 5.41) is 7.99. The van der Waals surface area contributed by atoms with Crippen molar-refractivity contribution >= 4 is 29.1 Å². The van der Waals surface area contributed by atoms with Gasteiger partial charge in [-0.25, -0.2) is 0 Å². The van der Waals surface area contributed by atoms with E-state index in [0.29, 0.717) is 22.3 Å². The van der Waals surface area contributed by atoms with Crippen molar-refractivity contribution in [3.63, 3.8) is 0 Å². The van der Waals surface area contributed by atoms with Gasteiger partial charge in [-0.3, -0.25) is 9.89 Å². The zero-order chi connectivity index (χ0) is 17.1. The summed E-state index contributed by atoms with van der Waals surface area (Å²) >= 11 is 11.9. The maximum Gasteiger partial charge on any atom is 0.271 e. The lowest BCUT2D eigenvalue weighted by Gasteiger charge is -2.16. The average Bonchev–Trinajstić information content (AvgIpc) is 3.08. The standard InChI is InChI=1S/C18H15Cl2N3O/c1-23(11-12-7-8-14(19)15(20)9-12)18(24)17-10-16(21-22-17)13-5-3-2-4-6-13/h2-10H,11H2,1H3,(H,21,22). The second kappa shape index (κ2) is 7.07. The summed E-state index contributed by atoms with van der Waals surface area (Å²) < 4.78 is 0. The minimum atomic E-state index is -0.143. The number of hydrogen-bond donors (Lipinski definition) is 1. The summed E-state index contributed by atoms with van der Waals surface area (Å²) in [7, 11) is 1.73. The summed E-state index contributed by atoms with van der Waals surface area (Å²) in [4.78, 5) is 14.1. The maximum atomic E-state index is 12.5. The molecule has 0 aliphatic carbocycles. The van der Waals surface area contributed by atoms with E-state index in [1.807, 2.05) is 36.4 Å². The second-order valence-corrected chi connectivity index (χ2v) is 6.26. The lowest BCUT2D eigenvalue weighted by molar-refractivity contribution is 0.0779. The number of carbonyl (C=O) groups is 1. The molecule has 24 heavy (non-hydrogen) atoms. The molecule has 0 saturated heterocycles. The zero-order valence-corrected chi connectivity index (χ0v) is 14.5. The van der Waals surface area contributed by atoms with Crippen molar-refractivity contribution in [2.45, 2.75) is 6.54 Å². The summed E-state index contributed by atoms with van der Waals surface area (Å²) in [5.41, 5.74) is 3.04. The van der Waals surface area contributed by atoms with E-state index in [1.54, 1.807) is 30.1 Å². The highest BCUT2D eigenvalue weighted by atomic mass is 35.5. The molecule has 0 unspecified atom stereocenters. The minimum Gasteiger partial charge on any atom is -0.336 e. The molecule has 3 rings (SSSR count). The molecule has 2 aromatic carbocycles. The van der Waals surface area contributed by atoms with Crippen LogP contribution in [0.1, 0.15) is 16.1 Å². The first-order valence-corrected chi connectivity index (χ1v) is 8.10. The Balaban J connectivity index is 1.74. The van der Waals surface area contributed by atoms with Crippen LogP contribution in [0, 0.1) is 0 Å². The summed E-state index contributed by atoms with van der Waals surface area (Å²) in [5.74, 6) is -0.143. The number of hydrogen-bond acceptors (Lipinski definition) is 2. The molecule has 0 atom stereocenters. The lowest BCUT2D eigenvalue weighted by atomic mass is 10.1. The van der Waals surface area contributed by atoms with E-state index in [4.69, 9.17) is 23.2 Å². The van der Waals surface area contributed by atoms with Gasteiger partial charge in [0.05, 0.1) is 15.7 Å². The Morgan fingerprint density at radius 2 is 1.83 bits per heavy atom. The molecule has 3 aromatic rings. The number of carbonyl (C=O) groups excluding carboxylic acids is 1. The van der Waals surface area contributed by atoms with Gasteiger partial charge in [-0.2, -0.15) is 5.10 Å². The van der Waals surface area contributed by atoms with Crippen molar-refractivity contribution in [3.8, 4) is 11.3 Å². The number of aromatic amines is 1. The van der Waals surface area contributed by atoms with E-state index in [9.17, 15) is 4.79 Å². The summed E-state index contributed by atoms with van der Waals surface area (Å²) in [6.45, 7) is 0.426. The predicted octanol–water partition coefficient (Wildman–Crippen LogP) is 4.66. The van der Waals surface area contributed by atoms with Crippen LogP contribution in [-0.2, 0) is 6.54 Å². The molecule has 4 nitrogen and oxygen atoms in total. The Hall–Kier alpha value is -2.30. The Kier molecular flexibility index (Phi) is 4.88. The highest BCUT2D eigenvalue weighted by Crippen LogP contribution is 2.23. The van der Waals surface area contributed by atoms with E-state index in [0.717, 1.165) is 16.8 Å². The molecule has 122 valence electrons. The van der Waals surface area contributed by atoms with Crippen molar-refractivity contribution in [2.24, 2.45) is 0 Å². The second-order valence-electron chi connectivity index (χ2n) is 5.44. The van der Waals surface area contributed by atoms with Crippen LogP contribution < -0.4 is 0 Å². The van der Waals surface area contributed by atoms with Gasteiger partial charge in [0.25, 0.3) is 5.91 Å². The molecule has 1 aromatic heterocycles. The van der Waals surface area contributed by atoms with Gasteiger partial charge in [0.2, 0.25) is 0 Å². The van der Waals surface area contributed by atoms with Gasteiger partial charge in [0, 0.05) is 19.2 Å². The van der Waals surface area contributed by atoms with Crippen LogP contribution in [0.3, 0.4) is 0 Å². The molecule has 0 radical (unpaired) electrons. The van der Waals surface area contributed by atoms with Crippen LogP contribution in [0.2, 0.25) is 10.0 Å². The largest absolute Gasteiger partial charge is 0.336 e. The molecule has 0 spiro atoms. The maximum absolute atomic E-state index is 12.5. The van der Waals surface area contributed by atoms with Gasteiger partial charge in [-0.1, -0.05) is 59.6 Å². The van der Waals surface area contributed by atoms with Gasteiger partial charge >= 0.3 is 0 Å². The topological polar surface area (TPSA) is 49.0 Å². The van der Waals surface area contributed by atoms with Gasteiger partial charge < -0.3 is 4.90 Å². The molecule has 0 aliphatic rings. The summed E-state index contributed by atoms with van der Waals surface area (Å²) in [6.07, 6.45) is 0. The number of nitrogens with zero attached hydrogens (tertiary/aromatic N) is 2. The molecule has 0 fully saturated rings. The van der Waals surface area contributed by atoms with Crippen molar-refractivity contribution in [1.82, 2.24) is 15.1 Å². The van der Waals surface area contributed by atoms with E-state index in [1.165, 1.54) is 0 Å². The number of aromatic nitrogens is 2. The Labute approximate surface area is 150 Å². The van der Waals surface area contributed by atoms with Gasteiger partial charge in [0.1, 0.15) is 5.69 Å². The molecular weight excluding hydrogens is 345 g/mol. The average molecular weight is 360 g/mol. The number of rotatable bonds is 4. The zero-order valence-electron chi connectivity index (χ0n) is 13.0. The van der Waals surface area contributed by atoms with Crippen LogP contribution in [0.4, 0.5) is 0 Å². The predicted molar refractivity (Wildman–Crippen MR) is 96.3 cm³/mol. The lowest BCUT2D eigenvalue weighted by Crippen LogP contribution is -2.26.